The van der Waals surface area contributed by atoms with E-state index in [2.05, 4.69) is 20.4 Å². The summed E-state index contributed by atoms with van der Waals surface area (Å²) in [6.07, 6.45) is 8.94. The van der Waals surface area contributed by atoms with Crippen LogP contribution in [0.4, 0.5) is 10.5 Å². The van der Waals surface area contributed by atoms with E-state index >= 15 is 0 Å². The van der Waals surface area contributed by atoms with E-state index in [1.165, 1.54) is 6.33 Å². The number of hydrogen-bond donors (Lipinski definition) is 1. The van der Waals surface area contributed by atoms with Crippen LogP contribution in [0.3, 0.4) is 0 Å². The molecule has 4 aliphatic rings. The van der Waals surface area contributed by atoms with Crippen LogP contribution in [0.5, 0.6) is 0 Å². The molecule has 6 rings (SSSR count). The van der Waals surface area contributed by atoms with E-state index in [1.807, 2.05) is 23.1 Å². The summed E-state index contributed by atoms with van der Waals surface area (Å²) in [5.41, 5.74) is 1.49. The molecule has 11 nitrogen and oxygen atoms in total. The average molecular weight is 529 g/mol. The molecule has 1 N–H and O–H groups in total. The van der Waals surface area contributed by atoms with Gasteiger partial charge in [0, 0.05) is 13.3 Å². The van der Waals surface area contributed by atoms with Crippen molar-refractivity contribution in [3.63, 3.8) is 0 Å². The molecule has 1 saturated carbocycles. The van der Waals surface area contributed by atoms with Crippen molar-refractivity contribution >= 4 is 29.2 Å². The molecule has 1 aromatic carbocycles. The number of hydrogen-bond acceptors (Lipinski definition) is 9. The van der Waals surface area contributed by atoms with Crippen molar-refractivity contribution in [2.45, 2.75) is 62.2 Å². The molecule has 37 heavy (non-hydrogen) atoms. The number of rotatable bonds is 6. The first-order valence-electron chi connectivity index (χ1n) is 12.5. The normalized spacial score (nSPS) is 29.1. The maximum atomic E-state index is 12.7. The van der Waals surface area contributed by atoms with Gasteiger partial charge in [-0.15, -0.1) is 0 Å². The van der Waals surface area contributed by atoms with Crippen LogP contribution in [0.15, 0.2) is 48.1 Å². The van der Waals surface area contributed by atoms with Gasteiger partial charge in [0.25, 0.3) is 0 Å². The highest BCUT2D eigenvalue weighted by Crippen LogP contribution is 2.34. The summed E-state index contributed by atoms with van der Waals surface area (Å²) >= 11 is 6.55. The van der Waals surface area contributed by atoms with Gasteiger partial charge in [0.05, 0.1) is 47.8 Å². The van der Waals surface area contributed by atoms with Gasteiger partial charge in [0.15, 0.2) is 0 Å². The van der Waals surface area contributed by atoms with Gasteiger partial charge in [-0.25, -0.2) is 19.5 Å². The number of amides is 1. The van der Waals surface area contributed by atoms with Crippen molar-refractivity contribution in [1.29, 1.82) is 0 Å². The average Bonchev–Trinajstić information content (AvgIpc) is 3.52. The molecule has 1 aliphatic carbocycles. The van der Waals surface area contributed by atoms with Gasteiger partial charge in [-0.05, 0) is 50.0 Å². The number of nitrogens with zero attached hydrogens (tertiary/aromatic N) is 5. The Morgan fingerprint density at radius 2 is 2.00 bits per heavy atom. The predicted octanol–water partition coefficient (Wildman–Crippen LogP) is 3.19. The Labute approximate surface area is 219 Å². The van der Waals surface area contributed by atoms with E-state index in [0.29, 0.717) is 42.6 Å². The molecule has 0 spiro atoms. The van der Waals surface area contributed by atoms with Gasteiger partial charge in [0.2, 0.25) is 0 Å². The molecular formula is C25H29ClN6O5. The van der Waals surface area contributed by atoms with Crippen LogP contribution in [-0.2, 0) is 18.9 Å². The first-order valence-corrected chi connectivity index (χ1v) is 12.9. The van der Waals surface area contributed by atoms with Gasteiger partial charge in [-0.2, -0.15) is 5.10 Å². The number of nitrogens with one attached hydrogen (secondary N) is 1. The first-order chi connectivity index (χ1) is 18.1. The largest absolute Gasteiger partial charge is 0.446 e. The van der Waals surface area contributed by atoms with Crippen molar-refractivity contribution in [1.82, 2.24) is 19.7 Å². The number of ether oxygens (including phenoxy) is 4. The second-order valence-electron chi connectivity index (χ2n) is 9.67. The number of carbonyl (C=O) groups excluding carboxylic acids is 1. The fourth-order valence-electron chi connectivity index (χ4n) is 5.12. The van der Waals surface area contributed by atoms with Crippen molar-refractivity contribution in [2.24, 2.45) is 4.99 Å². The molecule has 12 heteroatoms. The van der Waals surface area contributed by atoms with Gasteiger partial charge >= 0.3 is 6.09 Å². The highest BCUT2D eigenvalue weighted by molar-refractivity contribution is 6.34. The summed E-state index contributed by atoms with van der Waals surface area (Å²) in [6, 6.07) is 5.43. The zero-order valence-corrected chi connectivity index (χ0v) is 21.2. The highest BCUT2D eigenvalue weighted by atomic mass is 35.5. The van der Waals surface area contributed by atoms with E-state index in [-0.39, 0.29) is 36.5 Å². The fraction of sp³-hybridized carbons (Fsp3) is 0.520. The minimum absolute atomic E-state index is 0.0546. The van der Waals surface area contributed by atoms with Crippen LogP contribution < -0.4 is 5.32 Å². The lowest BCUT2D eigenvalue weighted by molar-refractivity contribution is -0.129. The minimum Gasteiger partial charge on any atom is -0.446 e. The number of aliphatic imine (C=N–C) groups is 1. The van der Waals surface area contributed by atoms with E-state index in [0.717, 1.165) is 18.5 Å². The Morgan fingerprint density at radius 3 is 2.68 bits per heavy atom. The van der Waals surface area contributed by atoms with E-state index in [1.54, 1.807) is 30.4 Å². The third-order valence-electron chi connectivity index (χ3n) is 7.04. The molecule has 4 atom stereocenters. The Balaban J connectivity index is 1.11. The number of carbonyl (C=O) groups is 1. The zero-order chi connectivity index (χ0) is 25.4. The van der Waals surface area contributed by atoms with Crippen molar-refractivity contribution in [2.75, 3.05) is 25.6 Å². The molecule has 1 aromatic heterocycles. The second-order valence-corrected chi connectivity index (χ2v) is 10.1. The van der Waals surface area contributed by atoms with Crippen LogP contribution in [0.2, 0.25) is 5.02 Å². The van der Waals surface area contributed by atoms with Crippen molar-refractivity contribution < 1.29 is 23.7 Å². The zero-order valence-electron chi connectivity index (χ0n) is 20.4. The van der Waals surface area contributed by atoms with Crippen molar-refractivity contribution in [3.8, 4) is 5.69 Å². The smallest absolute Gasteiger partial charge is 0.410 e. The third-order valence-corrected chi connectivity index (χ3v) is 7.35. The SMILES string of the molecule is COC1C(Nc2ccc(-n3cncn3)cc2Cl)=NC=CC1OC1CC2COCC(C1)N2C(=O)OC1CC1. The molecule has 3 fully saturated rings. The second kappa shape index (κ2) is 10.4. The number of fused-ring (bicyclic) bond motifs is 2. The molecule has 2 saturated heterocycles. The first kappa shape index (κ1) is 24.4. The standard InChI is InChI=1S/C25H29ClN6O5/c1-34-23-22(36-19-8-16-11-35-12-17(9-19)32(16)25(33)37-18-3-4-18)6-7-28-24(23)30-21-5-2-15(10-20(21)26)31-14-27-13-29-31/h2,5-7,10,13-14,16-19,22-23H,3-4,8-9,11-12H2,1H3,(H,28,30). The Hall–Kier alpha value is -2.99. The summed E-state index contributed by atoms with van der Waals surface area (Å²) in [5.74, 6) is 0.597. The summed E-state index contributed by atoms with van der Waals surface area (Å²) in [4.78, 5) is 23.1. The van der Waals surface area contributed by atoms with E-state index in [4.69, 9.17) is 30.5 Å². The summed E-state index contributed by atoms with van der Waals surface area (Å²) in [7, 11) is 1.63. The summed E-state index contributed by atoms with van der Waals surface area (Å²) in [5, 5.41) is 7.95. The lowest BCUT2D eigenvalue weighted by Gasteiger charge is -2.48. The van der Waals surface area contributed by atoms with Crippen LogP contribution in [0.25, 0.3) is 5.69 Å². The van der Waals surface area contributed by atoms with Crippen molar-refractivity contribution in [3.05, 3.63) is 48.2 Å². The third kappa shape index (κ3) is 5.22. The Kier molecular flexibility index (Phi) is 6.85. The Morgan fingerprint density at radius 1 is 1.19 bits per heavy atom. The Bertz CT molecular complexity index is 1170. The molecule has 4 unspecified atom stereocenters. The van der Waals surface area contributed by atoms with E-state index < -0.39 is 6.10 Å². The van der Waals surface area contributed by atoms with Crippen LogP contribution in [0, 0.1) is 0 Å². The maximum Gasteiger partial charge on any atom is 0.410 e. The molecule has 3 aliphatic heterocycles. The monoisotopic (exact) mass is 528 g/mol. The number of amidine groups is 1. The number of halogens is 1. The maximum absolute atomic E-state index is 12.7. The van der Waals surface area contributed by atoms with Gasteiger partial charge < -0.3 is 24.3 Å². The van der Waals surface area contributed by atoms with E-state index in [9.17, 15) is 4.79 Å². The molecule has 196 valence electrons. The number of methoxy groups -OCH3 is 1. The van der Waals surface area contributed by atoms with Crippen LogP contribution >= 0.6 is 11.6 Å². The quantitative estimate of drug-likeness (QED) is 0.608. The molecular weight excluding hydrogens is 500 g/mol. The van der Waals surface area contributed by atoms with Crippen LogP contribution in [0.1, 0.15) is 25.7 Å². The lowest BCUT2D eigenvalue weighted by atomic mass is 9.92. The summed E-state index contributed by atoms with van der Waals surface area (Å²) in [6.45, 7) is 0.976. The number of anilines is 1. The minimum atomic E-state index is -0.454. The van der Waals surface area contributed by atoms with Crippen LogP contribution in [-0.4, -0.2) is 88.4 Å². The predicted molar refractivity (Wildman–Crippen MR) is 135 cm³/mol. The molecule has 2 aromatic rings. The number of aromatic nitrogens is 3. The number of benzene rings is 1. The lowest BCUT2D eigenvalue weighted by Crippen LogP contribution is -2.61. The summed E-state index contributed by atoms with van der Waals surface area (Å²) < 4.78 is 25.3. The molecule has 1 amide bonds. The van der Waals surface area contributed by atoms with Gasteiger partial charge in [0.1, 0.15) is 36.8 Å². The van der Waals surface area contributed by atoms with Gasteiger partial charge in [-0.1, -0.05) is 11.6 Å². The highest BCUT2D eigenvalue weighted by Gasteiger charge is 2.45. The fourth-order valence-corrected chi connectivity index (χ4v) is 5.34. The molecule has 2 bridgehead atoms. The molecule has 4 heterocycles. The molecule has 0 radical (unpaired) electrons. The number of piperidine rings is 1. The van der Waals surface area contributed by atoms with Gasteiger partial charge in [-0.3, -0.25) is 4.90 Å². The number of morpholine rings is 1. The topological polar surface area (TPSA) is 112 Å².